The van der Waals surface area contributed by atoms with Gasteiger partial charge in [0.2, 0.25) is 0 Å². The van der Waals surface area contributed by atoms with E-state index in [1.54, 1.807) is 6.08 Å². The first-order chi connectivity index (χ1) is 7.27. The molecule has 0 aliphatic rings. The fraction of sp³-hybridized carbons (Fsp3) is 0.222. The van der Waals surface area contributed by atoms with Crippen LogP contribution in [0, 0.1) is 10.2 Å². The van der Waals surface area contributed by atoms with E-state index in [0.29, 0.717) is 0 Å². The van der Waals surface area contributed by atoms with Gasteiger partial charge in [-0.15, -0.1) is 10.2 Å². The van der Waals surface area contributed by atoms with Crippen molar-refractivity contribution in [1.29, 1.82) is 0 Å². The van der Waals surface area contributed by atoms with Crippen LogP contribution in [-0.2, 0) is 0 Å². The fourth-order valence-electron chi connectivity index (χ4n) is 0.456. The highest BCUT2D eigenvalue weighted by molar-refractivity contribution is 6.25. The van der Waals surface area contributed by atoms with Crippen molar-refractivity contribution in [2.24, 2.45) is 0 Å². The van der Waals surface area contributed by atoms with E-state index in [9.17, 15) is 0 Å². The van der Waals surface area contributed by atoms with Crippen molar-refractivity contribution in [3.05, 3.63) is 35.9 Å². The smallest absolute Gasteiger partial charge is 0.162 e. The molecule has 0 bridgehead atoms. The van der Waals surface area contributed by atoms with E-state index < -0.39 is 10.2 Å². The Balaban J connectivity index is 0. The lowest BCUT2D eigenvalue weighted by Gasteiger charge is -2.17. The maximum Gasteiger partial charge on any atom is 0.162 e. The summed E-state index contributed by atoms with van der Waals surface area (Å²) in [5, 5.41) is 0. The molecule has 16 heavy (non-hydrogen) atoms. The van der Waals surface area contributed by atoms with Crippen LogP contribution in [-0.4, -0.2) is 24.9 Å². The summed E-state index contributed by atoms with van der Waals surface area (Å²) in [5.74, 6) is 0. The number of nitrogens with zero attached hydrogens (tertiary/aromatic N) is 1. The molecule has 0 saturated carbocycles. The molecule has 0 atom stereocenters. The van der Waals surface area contributed by atoms with Crippen LogP contribution in [0.4, 0.5) is 0 Å². The van der Waals surface area contributed by atoms with Gasteiger partial charge in [0.15, 0.2) is 6.21 Å². The minimum Gasteiger partial charge on any atom is -0.241 e. The summed E-state index contributed by atoms with van der Waals surface area (Å²) in [5.41, 5.74) is 1.47. The van der Waals surface area contributed by atoms with Crippen LogP contribution >= 0.6 is 11.6 Å². The van der Waals surface area contributed by atoms with E-state index >= 15 is 0 Å². The molecule has 0 radical (unpaired) electrons. The lowest BCUT2D eigenvalue weighted by Crippen LogP contribution is -2.68. The van der Waals surface area contributed by atoms with Gasteiger partial charge in [-0.3, -0.25) is 0 Å². The standard InChI is InChI=1S/C9H13ClN.ClHO4/c1-11(2)9-7-5-3-4-6-8-10;2-1(3,4)5/h3-9H,1-2H3;(H,2,3,4,5)/q+1;/p-1/b4-3+,7-5+,8-6+;. The van der Waals surface area contributed by atoms with Gasteiger partial charge in [-0.2, -0.15) is 0 Å². The molecule has 0 spiro atoms. The maximum atomic E-state index is 8.49. The molecule has 0 aromatic carbocycles. The van der Waals surface area contributed by atoms with Gasteiger partial charge in [0, 0.05) is 11.6 Å². The molecule has 0 aromatic rings. The normalized spacial score (nSPS) is 11.9. The Morgan fingerprint density at radius 1 is 0.875 bits per heavy atom. The van der Waals surface area contributed by atoms with Gasteiger partial charge in [-0.1, -0.05) is 35.9 Å². The number of hydrogen-bond donors (Lipinski definition) is 0. The second-order valence-electron chi connectivity index (χ2n) is 2.58. The zero-order valence-corrected chi connectivity index (χ0v) is 10.4. The van der Waals surface area contributed by atoms with E-state index in [1.165, 1.54) is 5.54 Å². The third kappa shape index (κ3) is 37.7. The average molecular weight is 270 g/mol. The molecule has 0 rings (SSSR count). The topological polar surface area (TPSA) is 95.2 Å². The van der Waals surface area contributed by atoms with Crippen LogP contribution < -0.4 is 18.6 Å². The minimum atomic E-state index is -4.94. The summed E-state index contributed by atoms with van der Waals surface area (Å²) in [6, 6.07) is 0. The van der Waals surface area contributed by atoms with Crippen LogP contribution in [0.25, 0.3) is 0 Å². The summed E-state index contributed by atoms with van der Waals surface area (Å²) in [7, 11) is -0.987. The van der Waals surface area contributed by atoms with Crippen molar-refractivity contribution in [1.82, 2.24) is 0 Å². The Labute approximate surface area is 102 Å². The Hall–Kier alpha value is -0.690. The largest absolute Gasteiger partial charge is 0.241 e. The van der Waals surface area contributed by atoms with Gasteiger partial charge in [0.1, 0.15) is 14.1 Å². The highest BCUT2D eigenvalue weighted by Crippen LogP contribution is 1.81. The Morgan fingerprint density at radius 3 is 1.62 bits per heavy atom. The fourth-order valence-corrected chi connectivity index (χ4v) is 0.540. The quantitative estimate of drug-likeness (QED) is 0.320. The number of allylic oxidation sites excluding steroid dienone is 5. The van der Waals surface area contributed by atoms with Crippen LogP contribution in [0.5, 0.6) is 0 Å². The van der Waals surface area contributed by atoms with Crippen molar-refractivity contribution in [3.8, 4) is 0 Å². The molecule has 0 aromatic heterocycles. The highest BCUT2D eigenvalue weighted by atomic mass is 35.7. The second-order valence-corrected chi connectivity index (χ2v) is 3.59. The summed E-state index contributed by atoms with van der Waals surface area (Å²) in [4.78, 5) is 0. The monoisotopic (exact) mass is 269 g/mol. The maximum absolute atomic E-state index is 8.49. The molecule has 0 aliphatic heterocycles. The predicted molar refractivity (Wildman–Crippen MR) is 51.4 cm³/mol. The van der Waals surface area contributed by atoms with Gasteiger partial charge in [0.05, 0.1) is 0 Å². The predicted octanol–water partition coefficient (Wildman–Crippen LogP) is -2.56. The third-order valence-corrected chi connectivity index (χ3v) is 1.05. The first kappa shape index (κ1) is 17.7. The van der Waals surface area contributed by atoms with Crippen molar-refractivity contribution in [2.45, 2.75) is 0 Å². The van der Waals surface area contributed by atoms with Gasteiger partial charge in [0.25, 0.3) is 0 Å². The van der Waals surface area contributed by atoms with Gasteiger partial charge >= 0.3 is 0 Å². The number of halogens is 2. The lowest BCUT2D eigenvalue weighted by molar-refractivity contribution is -2.00. The molecule has 0 unspecified atom stereocenters. The van der Waals surface area contributed by atoms with Crippen LogP contribution in [0.2, 0.25) is 0 Å². The van der Waals surface area contributed by atoms with E-state index in [0.717, 1.165) is 0 Å². The van der Waals surface area contributed by atoms with E-state index in [2.05, 4.69) is 0 Å². The van der Waals surface area contributed by atoms with Crippen LogP contribution in [0.1, 0.15) is 0 Å². The molecule has 5 nitrogen and oxygen atoms in total. The summed E-state index contributed by atoms with van der Waals surface area (Å²) >= 11 is 5.29. The van der Waals surface area contributed by atoms with Crippen molar-refractivity contribution >= 4 is 17.8 Å². The number of hydrogen-bond acceptors (Lipinski definition) is 4. The van der Waals surface area contributed by atoms with Gasteiger partial charge in [-0.25, -0.2) is 23.2 Å². The Kier molecular flexibility index (Phi) is 12.0. The Morgan fingerprint density at radius 2 is 1.25 bits per heavy atom. The van der Waals surface area contributed by atoms with Gasteiger partial charge in [-0.05, 0) is 0 Å². The van der Waals surface area contributed by atoms with E-state index in [-0.39, 0.29) is 0 Å². The molecule has 0 fully saturated rings. The molecule has 0 aliphatic carbocycles. The molecule has 0 saturated heterocycles. The SMILES string of the molecule is C[N+](C)=C/C=C/C=C/C=C/Cl.[O-][Cl+3]([O-])([O-])[O-]. The minimum absolute atomic E-state index is 1.47. The molecule has 0 amide bonds. The second kappa shape index (κ2) is 10.8. The Bertz CT molecular complexity index is 270. The summed E-state index contributed by atoms with van der Waals surface area (Å²) in [6.07, 6.45) is 11.4. The van der Waals surface area contributed by atoms with Crippen molar-refractivity contribution in [2.75, 3.05) is 14.1 Å². The highest BCUT2D eigenvalue weighted by Gasteiger charge is 1.84. The molecule has 0 N–H and O–H groups in total. The first-order valence-corrected chi connectivity index (χ1v) is 5.66. The number of rotatable bonds is 3. The molecular weight excluding hydrogens is 257 g/mol. The molecule has 7 heteroatoms. The summed E-state index contributed by atoms with van der Waals surface area (Å²) in [6.45, 7) is 0. The van der Waals surface area contributed by atoms with Gasteiger partial charge < -0.3 is 0 Å². The van der Waals surface area contributed by atoms with E-state index in [4.69, 9.17) is 30.2 Å². The average Bonchev–Trinajstić information content (AvgIpc) is 2.08. The summed E-state index contributed by atoms with van der Waals surface area (Å²) < 4.78 is 35.9. The van der Waals surface area contributed by atoms with Crippen molar-refractivity contribution < 1.29 is 33.5 Å². The zero-order chi connectivity index (χ0) is 13.0. The van der Waals surface area contributed by atoms with E-state index in [1.807, 2.05) is 49.2 Å². The molecule has 92 valence electrons. The van der Waals surface area contributed by atoms with Crippen LogP contribution in [0.15, 0.2) is 35.9 Å². The van der Waals surface area contributed by atoms with Crippen molar-refractivity contribution in [3.63, 3.8) is 0 Å². The lowest BCUT2D eigenvalue weighted by atomic mass is 10.4. The third-order valence-electron chi connectivity index (χ3n) is 0.901. The molecule has 0 heterocycles. The molecular formula is C9H13Cl2NO4. The van der Waals surface area contributed by atoms with Crippen LogP contribution in [0.3, 0.4) is 0 Å². The zero-order valence-electron chi connectivity index (χ0n) is 8.88. The first-order valence-electron chi connectivity index (χ1n) is 3.99.